The number of cyclic esters (lactones) is 1. The summed E-state index contributed by atoms with van der Waals surface area (Å²) in [4.78, 5) is 14.4. The molecule has 0 amide bonds. The van der Waals surface area contributed by atoms with Crippen molar-refractivity contribution in [3.63, 3.8) is 0 Å². The Balaban J connectivity index is 1.16. The van der Waals surface area contributed by atoms with Gasteiger partial charge in [0, 0.05) is 17.4 Å². The molecule has 12 nitrogen and oxygen atoms in total. The van der Waals surface area contributed by atoms with Crippen LogP contribution in [0.1, 0.15) is 45.4 Å². The van der Waals surface area contributed by atoms with E-state index in [1.807, 2.05) is 48.7 Å². The molecule has 1 aromatic heterocycles. The molecule has 2 aromatic carbocycles. The smallest absolute Gasteiger partial charge is 0.310 e. The molecule has 0 radical (unpaired) electrons. The first-order valence-electron chi connectivity index (χ1n) is 15.2. The van der Waals surface area contributed by atoms with Crippen LogP contribution in [0.3, 0.4) is 0 Å². The van der Waals surface area contributed by atoms with E-state index in [4.69, 9.17) is 42.6 Å². The molecule has 8 rings (SSSR count). The Morgan fingerprint density at radius 1 is 0.913 bits per heavy atom. The molecule has 3 fully saturated rings. The SMILES string of the molecule is COc1cc([C@@H]2c3cc4c(cc3[C@@H](O[C@@H]3O[C@@H]5CO[C@@H](c6cccs6)O[C@H]5[C@H](O)[C@H]3O)[C@H]3COC(=O)[C@H]23)OCO4)cc(OC)c1C. The lowest BCUT2D eigenvalue weighted by Gasteiger charge is -2.48. The molecule has 0 unspecified atom stereocenters. The second-order valence-corrected chi connectivity index (χ2v) is 13.0. The Hall–Kier alpha value is -3.43. The van der Waals surface area contributed by atoms with Crippen LogP contribution >= 0.6 is 11.3 Å². The number of hydrogen-bond acceptors (Lipinski definition) is 13. The Labute approximate surface area is 268 Å². The van der Waals surface area contributed by atoms with Crippen molar-refractivity contribution in [3.8, 4) is 23.0 Å². The van der Waals surface area contributed by atoms with Crippen molar-refractivity contribution in [2.45, 2.75) is 55.9 Å². The molecule has 46 heavy (non-hydrogen) atoms. The van der Waals surface area contributed by atoms with Gasteiger partial charge in [0.15, 0.2) is 24.1 Å². The number of ether oxygens (including phenoxy) is 9. The van der Waals surface area contributed by atoms with Crippen LogP contribution in [-0.4, -0.2) is 81.1 Å². The first kappa shape index (κ1) is 29.9. The standard InChI is InChI=1S/C33H34O12S/c1-14-19(37-2)7-15(8-20(14)38-3)25-16-9-21-22(42-13-41-21)10-17(16)29(18-11-39-31(36)26(18)25)44-33-28(35)27(34)30-23(43-33)12-40-32(45-30)24-5-4-6-46-24/h4-10,18,23,25-30,32-35H,11-13H2,1-3H3/t18-,23+,25+,26-,27+,28+,29+,30+,32+,33-/m0/s1. The quantitative estimate of drug-likeness (QED) is 0.377. The summed E-state index contributed by atoms with van der Waals surface area (Å²) >= 11 is 1.48. The zero-order valence-corrected chi connectivity index (χ0v) is 26.1. The summed E-state index contributed by atoms with van der Waals surface area (Å²) in [7, 11) is 3.18. The second-order valence-electron chi connectivity index (χ2n) is 12.0. The highest BCUT2D eigenvalue weighted by molar-refractivity contribution is 7.10. The Morgan fingerprint density at radius 2 is 1.65 bits per heavy atom. The number of fused-ring (bicyclic) bond motifs is 4. The van der Waals surface area contributed by atoms with Crippen LogP contribution in [0.25, 0.3) is 0 Å². The molecule has 10 atom stereocenters. The number of benzene rings is 2. The van der Waals surface area contributed by atoms with Crippen molar-refractivity contribution in [2.75, 3.05) is 34.2 Å². The van der Waals surface area contributed by atoms with E-state index in [0.717, 1.165) is 27.1 Å². The molecule has 3 aromatic rings. The van der Waals surface area contributed by atoms with Gasteiger partial charge in [-0.05, 0) is 59.3 Å². The molecule has 2 N–H and O–H groups in total. The van der Waals surface area contributed by atoms with Gasteiger partial charge in [-0.2, -0.15) is 0 Å². The van der Waals surface area contributed by atoms with Crippen molar-refractivity contribution in [2.24, 2.45) is 11.8 Å². The van der Waals surface area contributed by atoms with E-state index in [0.29, 0.717) is 23.0 Å². The summed E-state index contributed by atoms with van der Waals surface area (Å²) in [6, 6.07) is 11.3. The molecule has 1 aliphatic carbocycles. The molecule has 0 bridgehead atoms. The third kappa shape index (κ3) is 4.76. The number of aliphatic hydroxyl groups excluding tert-OH is 2. The van der Waals surface area contributed by atoms with E-state index in [1.54, 1.807) is 14.2 Å². The topological polar surface area (TPSA) is 141 Å². The number of aliphatic hydroxyl groups is 2. The average Bonchev–Trinajstić information content (AvgIpc) is 3.85. The third-order valence-corrected chi connectivity index (χ3v) is 10.5. The van der Waals surface area contributed by atoms with Gasteiger partial charge >= 0.3 is 5.97 Å². The van der Waals surface area contributed by atoms with Crippen molar-refractivity contribution in [1.82, 2.24) is 0 Å². The molecular weight excluding hydrogens is 620 g/mol. The number of methoxy groups -OCH3 is 2. The predicted octanol–water partition coefficient (Wildman–Crippen LogP) is 3.36. The van der Waals surface area contributed by atoms with Crippen LogP contribution in [0.2, 0.25) is 0 Å². The molecule has 5 aliphatic rings. The predicted molar refractivity (Wildman–Crippen MR) is 159 cm³/mol. The maximum Gasteiger partial charge on any atom is 0.310 e. The lowest BCUT2D eigenvalue weighted by Crippen LogP contribution is -2.62. The molecule has 4 aliphatic heterocycles. The number of hydrogen-bond donors (Lipinski definition) is 2. The highest BCUT2D eigenvalue weighted by Gasteiger charge is 2.56. The third-order valence-electron chi connectivity index (χ3n) is 9.64. The number of carbonyl (C=O) groups excluding carboxylic acids is 1. The molecule has 0 spiro atoms. The number of esters is 1. The van der Waals surface area contributed by atoms with Gasteiger partial charge in [0.1, 0.15) is 35.9 Å². The summed E-state index contributed by atoms with van der Waals surface area (Å²) < 4.78 is 53.3. The Bertz CT molecular complexity index is 1600. The molecule has 13 heteroatoms. The molecular formula is C33H34O12S. The van der Waals surface area contributed by atoms with Gasteiger partial charge in [-0.15, -0.1) is 11.3 Å². The Kier molecular flexibility index (Phi) is 7.60. The molecule has 244 valence electrons. The van der Waals surface area contributed by atoms with Crippen molar-refractivity contribution in [1.29, 1.82) is 0 Å². The fraction of sp³-hybridized carbons (Fsp3) is 0.485. The summed E-state index contributed by atoms with van der Waals surface area (Å²) in [5, 5.41) is 24.4. The minimum Gasteiger partial charge on any atom is -0.496 e. The van der Waals surface area contributed by atoms with E-state index in [-0.39, 0.29) is 26.0 Å². The highest BCUT2D eigenvalue weighted by atomic mass is 32.1. The van der Waals surface area contributed by atoms with Crippen molar-refractivity contribution < 1.29 is 57.6 Å². The lowest BCUT2D eigenvalue weighted by molar-refractivity contribution is -0.368. The van der Waals surface area contributed by atoms with Gasteiger partial charge in [0.2, 0.25) is 6.79 Å². The van der Waals surface area contributed by atoms with Gasteiger partial charge in [-0.25, -0.2) is 0 Å². The van der Waals surface area contributed by atoms with Crippen LogP contribution in [0.4, 0.5) is 0 Å². The number of rotatable bonds is 6. The van der Waals surface area contributed by atoms with E-state index in [2.05, 4.69) is 0 Å². The molecule has 5 heterocycles. The summed E-state index contributed by atoms with van der Waals surface area (Å²) in [6.07, 6.45) is -6.97. The first-order chi connectivity index (χ1) is 22.4. The normalized spacial score (nSPS) is 34.3. The minimum atomic E-state index is -1.44. The van der Waals surface area contributed by atoms with Gasteiger partial charge in [0.05, 0.1) is 44.3 Å². The van der Waals surface area contributed by atoms with Crippen molar-refractivity contribution in [3.05, 3.63) is 68.9 Å². The fourth-order valence-corrected chi connectivity index (χ4v) is 8.08. The van der Waals surface area contributed by atoms with E-state index >= 15 is 0 Å². The molecule has 0 saturated carbocycles. The van der Waals surface area contributed by atoms with Crippen LogP contribution in [0.5, 0.6) is 23.0 Å². The number of thiophene rings is 1. The lowest BCUT2D eigenvalue weighted by atomic mass is 9.66. The summed E-state index contributed by atoms with van der Waals surface area (Å²) in [6.45, 7) is 2.18. The summed E-state index contributed by atoms with van der Waals surface area (Å²) in [5.74, 6) is 0.378. The largest absolute Gasteiger partial charge is 0.496 e. The molecule has 3 saturated heterocycles. The van der Waals surface area contributed by atoms with Crippen LogP contribution < -0.4 is 18.9 Å². The van der Waals surface area contributed by atoms with E-state index in [9.17, 15) is 15.0 Å². The number of carbonyl (C=O) groups is 1. The Morgan fingerprint density at radius 3 is 2.35 bits per heavy atom. The highest BCUT2D eigenvalue weighted by Crippen LogP contribution is 2.56. The maximum absolute atomic E-state index is 13.5. The van der Waals surface area contributed by atoms with Gasteiger partial charge in [0.25, 0.3) is 0 Å². The van der Waals surface area contributed by atoms with Gasteiger partial charge in [-0.1, -0.05) is 6.07 Å². The van der Waals surface area contributed by atoms with E-state index in [1.165, 1.54) is 11.3 Å². The monoisotopic (exact) mass is 654 g/mol. The van der Waals surface area contributed by atoms with Gasteiger partial charge in [-0.3, -0.25) is 4.79 Å². The first-order valence-corrected chi connectivity index (χ1v) is 16.0. The van der Waals surface area contributed by atoms with Crippen molar-refractivity contribution >= 4 is 17.3 Å². The average molecular weight is 655 g/mol. The summed E-state index contributed by atoms with van der Waals surface area (Å²) in [5.41, 5.74) is 3.14. The van der Waals surface area contributed by atoms with Gasteiger partial charge < -0.3 is 52.8 Å². The fourth-order valence-electron chi connectivity index (χ4n) is 7.38. The zero-order chi connectivity index (χ0) is 31.7. The maximum atomic E-state index is 13.5. The van der Waals surface area contributed by atoms with E-state index < -0.39 is 60.9 Å². The zero-order valence-electron chi connectivity index (χ0n) is 25.3. The van der Waals surface area contributed by atoms with Crippen LogP contribution in [-0.2, 0) is 28.5 Å². The second kappa shape index (κ2) is 11.7. The van der Waals surface area contributed by atoms with Crippen LogP contribution in [0, 0.1) is 18.8 Å². The minimum absolute atomic E-state index is 0.0572. The van der Waals surface area contributed by atoms with Crippen LogP contribution in [0.15, 0.2) is 41.8 Å².